The SMILES string of the molecule is O=C(NC(=S)Nc1ccc(-c2nc3ccccc3o2)cc1)c1sc2cc(Cl)ccc2c1Cl. The van der Waals surface area contributed by atoms with Gasteiger partial charge >= 0.3 is 0 Å². The van der Waals surface area contributed by atoms with Gasteiger partial charge in [0.05, 0.1) is 5.02 Å². The molecule has 0 unspecified atom stereocenters. The first-order valence-electron chi connectivity index (χ1n) is 9.44. The van der Waals surface area contributed by atoms with Crippen LogP contribution in [0.5, 0.6) is 0 Å². The summed E-state index contributed by atoms with van der Waals surface area (Å²) < 4.78 is 6.62. The average molecular weight is 498 g/mol. The van der Waals surface area contributed by atoms with Crippen molar-refractivity contribution in [3.63, 3.8) is 0 Å². The number of halogens is 2. The number of fused-ring (bicyclic) bond motifs is 2. The number of nitrogens with one attached hydrogen (secondary N) is 2. The molecular weight excluding hydrogens is 485 g/mol. The molecular formula is C23H13Cl2N3O2S2. The van der Waals surface area contributed by atoms with E-state index in [9.17, 15) is 4.79 Å². The van der Waals surface area contributed by atoms with Gasteiger partial charge in [-0.2, -0.15) is 0 Å². The second-order valence-corrected chi connectivity index (χ2v) is 9.13. The van der Waals surface area contributed by atoms with Crippen LogP contribution >= 0.6 is 46.8 Å². The van der Waals surface area contributed by atoms with Crippen molar-refractivity contribution in [2.45, 2.75) is 0 Å². The Hall–Kier alpha value is -2.97. The van der Waals surface area contributed by atoms with Gasteiger partial charge in [0.2, 0.25) is 5.89 Å². The van der Waals surface area contributed by atoms with E-state index >= 15 is 0 Å². The molecule has 0 saturated carbocycles. The van der Waals surface area contributed by atoms with Gasteiger partial charge < -0.3 is 9.73 Å². The first kappa shape index (κ1) is 20.9. The van der Waals surface area contributed by atoms with Crippen molar-refractivity contribution in [3.05, 3.63) is 81.7 Å². The third-order valence-electron chi connectivity index (χ3n) is 4.71. The summed E-state index contributed by atoms with van der Waals surface area (Å²) in [5.74, 6) is 0.154. The van der Waals surface area contributed by atoms with Gasteiger partial charge in [-0.25, -0.2) is 4.98 Å². The van der Waals surface area contributed by atoms with Gasteiger partial charge in [-0.05, 0) is 60.7 Å². The zero-order valence-electron chi connectivity index (χ0n) is 16.2. The minimum atomic E-state index is -0.382. The lowest BCUT2D eigenvalue weighted by Gasteiger charge is -2.09. The molecule has 0 fully saturated rings. The molecule has 158 valence electrons. The van der Waals surface area contributed by atoms with Crippen molar-refractivity contribution in [2.75, 3.05) is 5.32 Å². The van der Waals surface area contributed by atoms with Gasteiger partial charge in [0.25, 0.3) is 5.91 Å². The Kier molecular flexibility index (Phi) is 5.57. The number of aromatic nitrogens is 1. The quantitative estimate of drug-likeness (QED) is 0.259. The highest BCUT2D eigenvalue weighted by atomic mass is 35.5. The fourth-order valence-electron chi connectivity index (χ4n) is 3.20. The minimum Gasteiger partial charge on any atom is -0.436 e. The lowest BCUT2D eigenvalue weighted by molar-refractivity contribution is 0.0982. The molecule has 9 heteroatoms. The van der Waals surface area contributed by atoms with Crippen LogP contribution in [0.15, 0.2) is 71.1 Å². The van der Waals surface area contributed by atoms with Gasteiger partial charge in [0.15, 0.2) is 10.7 Å². The zero-order valence-corrected chi connectivity index (χ0v) is 19.3. The molecule has 0 spiro atoms. The molecule has 0 aliphatic heterocycles. The number of hydrogen-bond acceptors (Lipinski definition) is 5. The summed E-state index contributed by atoms with van der Waals surface area (Å²) in [7, 11) is 0. The second-order valence-electron chi connectivity index (χ2n) is 6.86. The zero-order chi connectivity index (χ0) is 22.2. The van der Waals surface area contributed by atoms with Gasteiger partial charge in [-0.3, -0.25) is 10.1 Å². The Morgan fingerprint density at radius 3 is 2.59 bits per heavy atom. The molecule has 0 aliphatic carbocycles. The maximum absolute atomic E-state index is 12.7. The van der Waals surface area contributed by atoms with Crippen molar-refractivity contribution in [1.82, 2.24) is 10.3 Å². The third-order valence-corrected chi connectivity index (χ3v) is 6.80. The standard InChI is InChI=1S/C23H13Cl2N3O2S2/c24-13-7-10-15-18(11-13)32-20(19(15)25)21(29)28-23(31)26-14-8-5-12(6-9-14)22-27-16-3-1-2-4-17(16)30-22/h1-11H,(H2,26,28,29,31). The van der Waals surface area contributed by atoms with Crippen LogP contribution in [-0.4, -0.2) is 16.0 Å². The fraction of sp³-hybridized carbons (Fsp3) is 0. The molecule has 2 aromatic heterocycles. The summed E-state index contributed by atoms with van der Waals surface area (Å²) in [6, 6.07) is 20.3. The van der Waals surface area contributed by atoms with Crippen LogP contribution in [0.4, 0.5) is 5.69 Å². The molecule has 2 N–H and O–H groups in total. The van der Waals surface area contributed by atoms with Crippen molar-refractivity contribution < 1.29 is 9.21 Å². The number of hydrogen-bond donors (Lipinski definition) is 2. The summed E-state index contributed by atoms with van der Waals surface area (Å²) in [5.41, 5.74) is 3.08. The second kappa shape index (κ2) is 8.52. The van der Waals surface area contributed by atoms with Crippen LogP contribution < -0.4 is 10.6 Å². The van der Waals surface area contributed by atoms with Crippen molar-refractivity contribution in [1.29, 1.82) is 0 Å². The lowest BCUT2D eigenvalue weighted by atomic mass is 10.2. The smallest absolute Gasteiger partial charge is 0.269 e. The van der Waals surface area contributed by atoms with E-state index in [1.807, 2.05) is 48.5 Å². The summed E-state index contributed by atoms with van der Waals surface area (Å²) in [6.07, 6.45) is 0. The van der Waals surface area contributed by atoms with Crippen LogP contribution in [0.25, 0.3) is 32.6 Å². The Labute approximate surface area is 202 Å². The number of oxazole rings is 1. The fourth-order valence-corrected chi connectivity index (χ4v) is 5.10. The van der Waals surface area contributed by atoms with Gasteiger partial charge in [-0.15, -0.1) is 11.3 Å². The predicted molar refractivity (Wildman–Crippen MR) is 135 cm³/mol. The van der Waals surface area contributed by atoms with Gasteiger partial charge in [0, 0.05) is 26.4 Å². The Morgan fingerprint density at radius 1 is 1.03 bits per heavy atom. The monoisotopic (exact) mass is 497 g/mol. The number of nitrogens with zero attached hydrogens (tertiary/aromatic N) is 1. The van der Waals surface area contributed by atoms with E-state index in [4.69, 9.17) is 39.8 Å². The number of carbonyl (C=O) groups is 1. The molecule has 2 heterocycles. The highest BCUT2D eigenvalue weighted by molar-refractivity contribution is 7.80. The number of rotatable bonds is 3. The lowest BCUT2D eigenvalue weighted by Crippen LogP contribution is -2.33. The maximum Gasteiger partial charge on any atom is 0.269 e. The molecule has 0 saturated heterocycles. The summed E-state index contributed by atoms with van der Waals surface area (Å²) >= 11 is 19.0. The number of carbonyl (C=O) groups excluding carboxylic acids is 1. The van der Waals surface area contributed by atoms with E-state index in [1.54, 1.807) is 18.2 Å². The van der Waals surface area contributed by atoms with Crippen LogP contribution in [0.1, 0.15) is 9.67 Å². The summed E-state index contributed by atoms with van der Waals surface area (Å²) in [4.78, 5) is 17.5. The Balaban J connectivity index is 1.28. The van der Waals surface area contributed by atoms with E-state index in [0.717, 1.165) is 26.7 Å². The van der Waals surface area contributed by atoms with Crippen molar-refractivity contribution in [2.24, 2.45) is 0 Å². The minimum absolute atomic E-state index is 0.163. The van der Waals surface area contributed by atoms with E-state index in [-0.39, 0.29) is 11.0 Å². The number of thiocarbonyl (C=S) groups is 1. The molecule has 0 aliphatic rings. The number of anilines is 1. The Morgan fingerprint density at radius 2 is 1.81 bits per heavy atom. The first-order chi connectivity index (χ1) is 15.5. The average Bonchev–Trinajstić information content (AvgIpc) is 3.35. The molecule has 32 heavy (non-hydrogen) atoms. The topological polar surface area (TPSA) is 67.2 Å². The predicted octanol–water partition coefficient (Wildman–Crippen LogP) is 7.14. The molecule has 5 aromatic rings. The van der Waals surface area contributed by atoms with E-state index in [0.29, 0.717) is 26.5 Å². The molecule has 1 amide bonds. The van der Waals surface area contributed by atoms with E-state index in [2.05, 4.69) is 15.6 Å². The van der Waals surface area contributed by atoms with Crippen LogP contribution in [-0.2, 0) is 0 Å². The first-order valence-corrected chi connectivity index (χ1v) is 11.4. The molecule has 0 radical (unpaired) electrons. The molecule has 5 rings (SSSR count). The molecule has 5 nitrogen and oxygen atoms in total. The number of thiophene rings is 1. The maximum atomic E-state index is 12.7. The third kappa shape index (κ3) is 4.08. The highest BCUT2D eigenvalue weighted by Gasteiger charge is 2.18. The number of amides is 1. The molecule has 0 atom stereocenters. The highest BCUT2D eigenvalue weighted by Crippen LogP contribution is 2.36. The van der Waals surface area contributed by atoms with Crippen LogP contribution in [0.2, 0.25) is 10.0 Å². The van der Waals surface area contributed by atoms with Gasteiger partial charge in [0.1, 0.15) is 10.4 Å². The Bertz CT molecular complexity index is 1460. The van der Waals surface area contributed by atoms with Crippen molar-refractivity contribution >= 4 is 84.6 Å². The normalized spacial score (nSPS) is 11.1. The molecule has 3 aromatic carbocycles. The number of benzene rings is 3. The molecule has 0 bridgehead atoms. The number of para-hydroxylation sites is 2. The summed E-state index contributed by atoms with van der Waals surface area (Å²) in [6.45, 7) is 0. The van der Waals surface area contributed by atoms with E-state index < -0.39 is 0 Å². The largest absolute Gasteiger partial charge is 0.436 e. The van der Waals surface area contributed by atoms with E-state index in [1.165, 1.54) is 11.3 Å². The van der Waals surface area contributed by atoms with Crippen LogP contribution in [0, 0.1) is 0 Å². The van der Waals surface area contributed by atoms with Gasteiger partial charge in [-0.1, -0.05) is 41.4 Å². The van der Waals surface area contributed by atoms with Crippen molar-refractivity contribution in [3.8, 4) is 11.5 Å². The summed E-state index contributed by atoms with van der Waals surface area (Å²) in [5, 5.41) is 7.57. The van der Waals surface area contributed by atoms with Crippen LogP contribution in [0.3, 0.4) is 0 Å².